The summed E-state index contributed by atoms with van der Waals surface area (Å²) < 4.78 is 26.7. The average molecular weight is 390 g/mol. The number of hydrogen-bond donors (Lipinski definition) is 0. The van der Waals surface area contributed by atoms with Crippen molar-refractivity contribution in [2.75, 3.05) is 31.6 Å². The highest BCUT2D eigenvalue weighted by atomic mass is 19.3. The minimum Gasteiger partial charge on any atom is -0.355 e. The van der Waals surface area contributed by atoms with Gasteiger partial charge in [0.25, 0.3) is 12.0 Å². The molecule has 2 aliphatic rings. The largest absolute Gasteiger partial charge is 0.355 e. The highest BCUT2D eigenvalue weighted by molar-refractivity contribution is 5.42. The van der Waals surface area contributed by atoms with Crippen molar-refractivity contribution in [3.8, 4) is 0 Å². The molecule has 0 aliphatic carbocycles. The van der Waals surface area contributed by atoms with E-state index in [1.807, 2.05) is 0 Å². The first-order valence-corrected chi connectivity index (χ1v) is 9.63. The molecule has 0 saturated carbocycles. The number of likely N-dealkylation sites (N-methyl/N-ethyl adjacent to an activating group) is 1. The maximum atomic E-state index is 12.6. The molecule has 0 spiro atoms. The molecule has 0 amide bonds. The number of nitrogens with zero attached hydrogens (tertiary/aromatic N) is 6. The zero-order valence-electron chi connectivity index (χ0n) is 15.9. The van der Waals surface area contributed by atoms with E-state index in [2.05, 4.69) is 38.1 Å². The minimum absolute atomic E-state index is 0.310. The predicted octanol–water partition coefficient (Wildman–Crippen LogP) is 1.88. The maximum absolute atomic E-state index is 12.6. The number of piperidine rings is 1. The van der Waals surface area contributed by atoms with Crippen molar-refractivity contribution in [1.82, 2.24) is 24.6 Å². The van der Waals surface area contributed by atoms with Crippen LogP contribution in [0, 0.1) is 5.92 Å². The summed E-state index contributed by atoms with van der Waals surface area (Å²) in [4.78, 5) is 20.2. The van der Waals surface area contributed by atoms with Gasteiger partial charge in [-0.2, -0.15) is 5.10 Å². The second-order valence-corrected chi connectivity index (χ2v) is 7.70. The lowest BCUT2D eigenvalue weighted by atomic mass is 9.96. The summed E-state index contributed by atoms with van der Waals surface area (Å²) in [6.45, 7) is 4.10. The topological polar surface area (TPSA) is 67.2 Å². The predicted molar refractivity (Wildman–Crippen MR) is 100 cm³/mol. The van der Waals surface area contributed by atoms with E-state index in [0.29, 0.717) is 12.5 Å². The molecule has 1 fully saturated rings. The van der Waals surface area contributed by atoms with Gasteiger partial charge in [0.15, 0.2) is 5.82 Å². The number of anilines is 1. The molecule has 4 rings (SSSR count). The van der Waals surface area contributed by atoms with E-state index in [9.17, 15) is 13.6 Å². The van der Waals surface area contributed by atoms with E-state index in [-0.39, 0.29) is 0 Å². The molecule has 28 heavy (non-hydrogen) atoms. The third kappa shape index (κ3) is 4.04. The summed E-state index contributed by atoms with van der Waals surface area (Å²) in [5.74, 6) is 1.22. The number of alkyl halides is 2. The lowest BCUT2D eigenvalue weighted by molar-refractivity contribution is 0.145. The van der Waals surface area contributed by atoms with E-state index < -0.39 is 17.7 Å². The Morgan fingerprint density at radius 2 is 1.96 bits per heavy atom. The molecular weight excluding hydrogens is 366 g/mol. The second kappa shape index (κ2) is 7.90. The fraction of sp³-hybridized carbons (Fsp3) is 0.579. The molecule has 0 atom stereocenters. The van der Waals surface area contributed by atoms with Crippen molar-refractivity contribution < 1.29 is 8.78 Å². The quantitative estimate of drug-likeness (QED) is 0.794. The van der Waals surface area contributed by atoms with Gasteiger partial charge in [0, 0.05) is 45.2 Å². The van der Waals surface area contributed by atoms with Crippen LogP contribution in [0.4, 0.5) is 14.6 Å². The Labute approximate surface area is 162 Å². The van der Waals surface area contributed by atoms with Crippen molar-refractivity contribution in [2.45, 2.75) is 38.8 Å². The number of fused-ring (bicyclic) bond motifs is 1. The van der Waals surface area contributed by atoms with Crippen LogP contribution >= 0.6 is 0 Å². The van der Waals surface area contributed by atoms with E-state index in [0.717, 1.165) is 63.0 Å². The Morgan fingerprint density at radius 3 is 2.68 bits per heavy atom. The van der Waals surface area contributed by atoms with Crippen LogP contribution in [0.3, 0.4) is 0 Å². The SMILES string of the molecule is CN1CCc2nnc(N3CCC(Cn4cnc(C(F)F)cc4=O)CC3)cc2C1. The number of rotatable bonds is 4. The molecule has 0 bridgehead atoms. The number of aromatic nitrogens is 4. The average Bonchev–Trinajstić information content (AvgIpc) is 2.69. The molecule has 7 nitrogen and oxygen atoms in total. The summed E-state index contributed by atoms with van der Waals surface area (Å²) in [5.41, 5.74) is 1.46. The molecule has 0 radical (unpaired) electrons. The fourth-order valence-electron chi connectivity index (χ4n) is 3.93. The molecule has 2 aliphatic heterocycles. The van der Waals surface area contributed by atoms with Gasteiger partial charge in [0.2, 0.25) is 0 Å². The fourth-order valence-corrected chi connectivity index (χ4v) is 3.93. The Kier molecular flexibility index (Phi) is 5.34. The molecule has 150 valence electrons. The number of halogens is 2. The zero-order chi connectivity index (χ0) is 19.7. The van der Waals surface area contributed by atoms with Crippen LogP contribution in [0.5, 0.6) is 0 Å². The lowest BCUT2D eigenvalue weighted by Crippen LogP contribution is -2.37. The summed E-state index contributed by atoms with van der Waals surface area (Å²) in [5, 5.41) is 8.83. The van der Waals surface area contributed by atoms with Crippen molar-refractivity contribution >= 4 is 5.82 Å². The Hall–Kier alpha value is -2.42. The van der Waals surface area contributed by atoms with Gasteiger partial charge in [0.1, 0.15) is 5.69 Å². The van der Waals surface area contributed by atoms with Crippen LogP contribution in [0.15, 0.2) is 23.3 Å². The van der Waals surface area contributed by atoms with Crippen LogP contribution in [-0.2, 0) is 19.5 Å². The lowest BCUT2D eigenvalue weighted by Gasteiger charge is -2.33. The van der Waals surface area contributed by atoms with Gasteiger partial charge in [-0.1, -0.05) is 0 Å². The summed E-state index contributed by atoms with van der Waals surface area (Å²) in [6, 6.07) is 3.08. The van der Waals surface area contributed by atoms with Gasteiger partial charge in [-0.15, -0.1) is 5.10 Å². The Morgan fingerprint density at radius 1 is 1.18 bits per heavy atom. The van der Waals surface area contributed by atoms with Crippen molar-refractivity contribution in [2.24, 2.45) is 5.92 Å². The minimum atomic E-state index is -2.72. The van der Waals surface area contributed by atoms with Crippen LogP contribution in [0.1, 0.15) is 36.2 Å². The molecule has 4 heterocycles. The summed E-state index contributed by atoms with van der Waals surface area (Å²) in [7, 11) is 2.11. The molecule has 0 unspecified atom stereocenters. The van der Waals surface area contributed by atoms with Gasteiger partial charge in [-0.3, -0.25) is 9.36 Å². The zero-order valence-corrected chi connectivity index (χ0v) is 15.9. The van der Waals surface area contributed by atoms with Crippen molar-refractivity contribution in [1.29, 1.82) is 0 Å². The third-order valence-corrected chi connectivity index (χ3v) is 5.64. The van der Waals surface area contributed by atoms with E-state index >= 15 is 0 Å². The van der Waals surface area contributed by atoms with Gasteiger partial charge in [-0.25, -0.2) is 13.8 Å². The first-order chi connectivity index (χ1) is 13.5. The van der Waals surface area contributed by atoms with Gasteiger partial charge < -0.3 is 9.80 Å². The van der Waals surface area contributed by atoms with E-state index in [1.165, 1.54) is 16.5 Å². The first kappa shape index (κ1) is 18.9. The Balaban J connectivity index is 1.37. The Bertz CT molecular complexity index is 894. The normalized spacial score (nSPS) is 18.5. The smallest absolute Gasteiger partial charge is 0.280 e. The van der Waals surface area contributed by atoms with Gasteiger partial charge in [0.05, 0.1) is 12.0 Å². The summed E-state index contributed by atoms with van der Waals surface area (Å²) in [6.07, 6.45) is 1.27. The van der Waals surface area contributed by atoms with Gasteiger partial charge >= 0.3 is 0 Å². The highest BCUT2D eigenvalue weighted by Gasteiger charge is 2.23. The highest BCUT2D eigenvalue weighted by Crippen LogP contribution is 2.25. The third-order valence-electron chi connectivity index (χ3n) is 5.64. The standard InChI is InChI=1S/C19H24F2N6O/c1-25-5-4-15-14(11-25)8-17(24-23-15)26-6-2-13(3-7-26)10-27-12-22-16(19(20)21)9-18(27)28/h8-9,12-13,19H,2-7,10-11H2,1H3. The van der Waals surface area contributed by atoms with E-state index in [1.54, 1.807) is 0 Å². The first-order valence-electron chi connectivity index (χ1n) is 9.63. The molecule has 2 aromatic rings. The molecule has 9 heteroatoms. The van der Waals surface area contributed by atoms with Crippen molar-refractivity contribution in [3.05, 3.63) is 45.8 Å². The number of hydrogen-bond acceptors (Lipinski definition) is 6. The second-order valence-electron chi connectivity index (χ2n) is 7.70. The molecule has 1 saturated heterocycles. The van der Waals surface area contributed by atoms with Gasteiger partial charge in [-0.05, 0) is 37.4 Å². The summed E-state index contributed by atoms with van der Waals surface area (Å²) >= 11 is 0. The monoisotopic (exact) mass is 390 g/mol. The van der Waals surface area contributed by atoms with Crippen LogP contribution < -0.4 is 10.5 Å². The molecule has 0 N–H and O–H groups in total. The van der Waals surface area contributed by atoms with Crippen LogP contribution in [0.2, 0.25) is 0 Å². The van der Waals surface area contributed by atoms with Crippen LogP contribution in [-0.4, -0.2) is 51.3 Å². The van der Waals surface area contributed by atoms with E-state index in [4.69, 9.17) is 0 Å². The molecular formula is C19H24F2N6O. The maximum Gasteiger partial charge on any atom is 0.280 e. The van der Waals surface area contributed by atoms with Crippen LogP contribution in [0.25, 0.3) is 0 Å². The molecule has 0 aromatic carbocycles. The van der Waals surface area contributed by atoms with Crippen molar-refractivity contribution in [3.63, 3.8) is 0 Å². The molecule has 2 aromatic heterocycles.